The van der Waals surface area contributed by atoms with Gasteiger partial charge in [-0.05, 0) is 32.5 Å². The van der Waals surface area contributed by atoms with Crippen LogP contribution in [0, 0.1) is 0 Å². The number of pyridine rings is 1. The first-order chi connectivity index (χ1) is 8.08. The van der Waals surface area contributed by atoms with E-state index in [1.807, 2.05) is 7.05 Å². The van der Waals surface area contributed by atoms with Crippen molar-refractivity contribution in [2.45, 2.75) is 25.4 Å². The molecule has 2 rings (SSSR count). The highest BCUT2D eigenvalue weighted by Crippen LogP contribution is 2.15. The molecule has 0 spiro atoms. The number of aromatic carboxylic acids is 1. The van der Waals surface area contributed by atoms with Gasteiger partial charge in [-0.15, -0.1) is 0 Å². The maximum absolute atomic E-state index is 11.6. The van der Waals surface area contributed by atoms with Crippen molar-refractivity contribution in [3.8, 4) is 0 Å². The third-order valence-corrected chi connectivity index (χ3v) is 3.31. The van der Waals surface area contributed by atoms with Crippen LogP contribution < -0.4 is 5.56 Å². The fraction of sp³-hybridized carbons (Fsp3) is 0.500. The van der Waals surface area contributed by atoms with Gasteiger partial charge < -0.3 is 14.6 Å². The van der Waals surface area contributed by atoms with Crippen LogP contribution in [0.2, 0.25) is 0 Å². The van der Waals surface area contributed by atoms with Gasteiger partial charge in [-0.25, -0.2) is 4.79 Å². The molecule has 1 aromatic heterocycles. The van der Waals surface area contributed by atoms with Crippen molar-refractivity contribution in [1.82, 2.24) is 9.47 Å². The molecule has 17 heavy (non-hydrogen) atoms. The Labute approximate surface area is 99.3 Å². The molecule has 5 heteroatoms. The van der Waals surface area contributed by atoms with Crippen LogP contribution in [0.4, 0.5) is 0 Å². The number of rotatable bonds is 3. The molecule has 1 aliphatic heterocycles. The standard InChI is InChI=1S/C12H16N2O3/c1-13-6-2-3-10(13)8-14-7-9(12(16)17)4-5-11(14)15/h4-5,7,10H,2-3,6,8H2,1H3,(H,16,17). The van der Waals surface area contributed by atoms with E-state index in [2.05, 4.69) is 4.90 Å². The second kappa shape index (κ2) is 4.71. The van der Waals surface area contributed by atoms with Crippen molar-refractivity contribution < 1.29 is 9.90 Å². The molecular formula is C12H16N2O3. The number of hydrogen-bond acceptors (Lipinski definition) is 3. The molecule has 1 aromatic rings. The minimum absolute atomic E-state index is 0.143. The molecule has 5 nitrogen and oxygen atoms in total. The summed E-state index contributed by atoms with van der Waals surface area (Å²) in [5.41, 5.74) is 0.0144. The lowest BCUT2D eigenvalue weighted by atomic mass is 10.2. The highest BCUT2D eigenvalue weighted by molar-refractivity contribution is 5.87. The largest absolute Gasteiger partial charge is 0.478 e. The summed E-state index contributed by atoms with van der Waals surface area (Å²) in [6, 6.07) is 2.99. The number of likely N-dealkylation sites (tertiary alicyclic amines) is 1. The fourth-order valence-electron chi connectivity index (χ4n) is 2.24. The number of carbonyl (C=O) groups is 1. The Kier molecular flexibility index (Phi) is 3.28. The van der Waals surface area contributed by atoms with Gasteiger partial charge in [0.15, 0.2) is 0 Å². The zero-order valence-corrected chi connectivity index (χ0v) is 9.80. The highest BCUT2D eigenvalue weighted by atomic mass is 16.4. The van der Waals surface area contributed by atoms with Crippen LogP contribution in [-0.4, -0.2) is 40.2 Å². The molecule has 0 aromatic carbocycles. The minimum Gasteiger partial charge on any atom is -0.478 e. The molecule has 0 radical (unpaired) electrons. The summed E-state index contributed by atoms with van der Waals surface area (Å²) in [6.07, 6.45) is 3.62. The maximum Gasteiger partial charge on any atom is 0.337 e. The van der Waals surface area contributed by atoms with Crippen molar-refractivity contribution in [2.75, 3.05) is 13.6 Å². The van der Waals surface area contributed by atoms with E-state index in [1.165, 1.54) is 22.9 Å². The van der Waals surface area contributed by atoms with E-state index in [4.69, 9.17) is 5.11 Å². The molecule has 1 N–H and O–H groups in total. The number of likely N-dealkylation sites (N-methyl/N-ethyl adjacent to an activating group) is 1. The molecule has 1 unspecified atom stereocenters. The van der Waals surface area contributed by atoms with Crippen molar-refractivity contribution in [3.05, 3.63) is 34.2 Å². The summed E-state index contributed by atoms with van der Waals surface area (Å²) in [6.45, 7) is 1.61. The lowest BCUT2D eigenvalue weighted by molar-refractivity contribution is 0.0695. The monoisotopic (exact) mass is 236 g/mol. The Morgan fingerprint density at radius 1 is 1.53 bits per heavy atom. The average Bonchev–Trinajstić information content (AvgIpc) is 2.67. The second-order valence-corrected chi connectivity index (χ2v) is 4.49. The fourth-order valence-corrected chi connectivity index (χ4v) is 2.24. The van der Waals surface area contributed by atoms with E-state index < -0.39 is 5.97 Å². The molecule has 2 heterocycles. The first kappa shape index (κ1) is 11.9. The zero-order valence-electron chi connectivity index (χ0n) is 9.80. The molecule has 1 fully saturated rings. The van der Waals surface area contributed by atoms with Crippen LogP contribution in [-0.2, 0) is 6.54 Å². The van der Waals surface area contributed by atoms with E-state index in [-0.39, 0.29) is 11.1 Å². The van der Waals surface area contributed by atoms with Crippen LogP contribution in [0.5, 0.6) is 0 Å². The van der Waals surface area contributed by atoms with E-state index in [1.54, 1.807) is 0 Å². The topological polar surface area (TPSA) is 62.5 Å². The normalized spacial score (nSPS) is 20.6. The molecule has 1 saturated heterocycles. The van der Waals surface area contributed by atoms with Gasteiger partial charge in [-0.1, -0.05) is 0 Å². The molecule has 92 valence electrons. The number of carboxylic acid groups (broad SMARTS) is 1. The van der Waals surface area contributed by atoms with Gasteiger partial charge in [0.1, 0.15) is 0 Å². The zero-order chi connectivity index (χ0) is 12.4. The van der Waals surface area contributed by atoms with E-state index in [0.29, 0.717) is 12.6 Å². The van der Waals surface area contributed by atoms with Crippen LogP contribution >= 0.6 is 0 Å². The molecule has 0 amide bonds. The molecule has 0 bridgehead atoms. The van der Waals surface area contributed by atoms with E-state index in [0.717, 1.165) is 19.4 Å². The first-order valence-electron chi connectivity index (χ1n) is 5.72. The van der Waals surface area contributed by atoms with Crippen molar-refractivity contribution in [2.24, 2.45) is 0 Å². The summed E-state index contributed by atoms with van der Waals surface area (Å²) in [5, 5.41) is 8.89. The molecule has 0 aliphatic carbocycles. The smallest absolute Gasteiger partial charge is 0.337 e. The summed E-state index contributed by atoms with van der Waals surface area (Å²) < 4.78 is 1.50. The van der Waals surface area contributed by atoms with Gasteiger partial charge in [-0.3, -0.25) is 4.79 Å². The second-order valence-electron chi connectivity index (χ2n) is 4.49. The average molecular weight is 236 g/mol. The van der Waals surface area contributed by atoms with Gasteiger partial charge in [0.2, 0.25) is 0 Å². The summed E-state index contributed by atoms with van der Waals surface area (Å²) in [5.74, 6) is -1.00. The predicted molar refractivity (Wildman–Crippen MR) is 63.3 cm³/mol. The number of aromatic nitrogens is 1. The Bertz CT molecular complexity index is 481. The third-order valence-electron chi connectivity index (χ3n) is 3.31. The van der Waals surface area contributed by atoms with Gasteiger partial charge in [0, 0.05) is 24.8 Å². The predicted octanol–water partition coefficient (Wildman–Crippen LogP) is 0.641. The summed E-state index contributed by atoms with van der Waals surface area (Å²) >= 11 is 0. The van der Waals surface area contributed by atoms with Crippen LogP contribution in [0.3, 0.4) is 0 Å². The number of hydrogen-bond donors (Lipinski definition) is 1. The molecule has 0 saturated carbocycles. The summed E-state index contributed by atoms with van der Waals surface area (Å²) in [4.78, 5) is 24.7. The Hall–Kier alpha value is -1.62. The maximum atomic E-state index is 11.6. The quantitative estimate of drug-likeness (QED) is 0.836. The Balaban J connectivity index is 2.22. The van der Waals surface area contributed by atoms with E-state index in [9.17, 15) is 9.59 Å². The van der Waals surface area contributed by atoms with Gasteiger partial charge in [0.05, 0.1) is 5.56 Å². The first-order valence-corrected chi connectivity index (χ1v) is 5.72. The van der Waals surface area contributed by atoms with Crippen molar-refractivity contribution in [1.29, 1.82) is 0 Å². The molecule has 1 atom stereocenters. The van der Waals surface area contributed by atoms with Crippen LogP contribution in [0.15, 0.2) is 23.1 Å². The lowest BCUT2D eigenvalue weighted by Crippen LogP contribution is -2.33. The van der Waals surface area contributed by atoms with Crippen molar-refractivity contribution in [3.63, 3.8) is 0 Å². The number of carboxylic acids is 1. The van der Waals surface area contributed by atoms with Gasteiger partial charge in [-0.2, -0.15) is 0 Å². The SMILES string of the molecule is CN1CCCC1Cn1cc(C(=O)O)ccc1=O. The third kappa shape index (κ3) is 2.55. The Morgan fingerprint density at radius 3 is 2.88 bits per heavy atom. The Morgan fingerprint density at radius 2 is 2.29 bits per heavy atom. The van der Waals surface area contributed by atoms with Gasteiger partial charge in [0.25, 0.3) is 5.56 Å². The number of nitrogens with zero attached hydrogens (tertiary/aromatic N) is 2. The lowest BCUT2D eigenvalue weighted by Gasteiger charge is -2.20. The van der Waals surface area contributed by atoms with Crippen LogP contribution in [0.25, 0.3) is 0 Å². The molecule has 1 aliphatic rings. The van der Waals surface area contributed by atoms with E-state index >= 15 is 0 Å². The van der Waals surface area contributed by atoms with Crippen molar-refractivity contribution >= 4 is 5.97 Å². The summed E-state index contributed by atoms with van der Waals surface area (Å²) in [7, 11) is 2.03. The van der Waals surface area contributed by atoms with Gasteiger partial charge >= 0.3 is 5.97 Å². The van der Waals surface area contributed by atoms with Crippen LogP contribution in [0.1, 0.15) is 23.2 Å². The highest BCUT2D eigenvalue weighted by Gasteiger charge is 2.21. The minimum atomic E-state index is -1.00. The molecular weight excluding hydrogens is 220 g/mol.